The van der Waals surface area contributed by atoms with E-state index in [9.17, 15) is 18.5 Å². The molecule has 0 aliphatic heterocycles. The SMILES string of the molecule is N[C@@H]1CCCC[C@H]1NS(=O)(=O)c1ccc(Cl)c([N+](=O)[O-])c1. The molecule has 0 unspecified atom stereocenters. The van der Waals surface area contributed by atoms with Crippen molar-refractivity contribution in [3.8, 4) is 0 Å². The number of hydrogen-bond donors (Lipinski definition) is 2. The summed E-state index contributed by atoms with van der Waals surface area (Å²) >= 11 is 5.68. The fraction of sp³-hybridized carbons (Fsp3) is 0.500. The molecule has 1 aromatic carbocycles. The molecule has 1 aromatic rings. The van der Waals surface area contributed by atoms with Gasteiger partial charge in [0.15, 0.2) is 0 Å². The van der Waals surface area contributed by atoms with Crippen molar-refractivity contribution < 1.29 is 13.3 Å². The van der Waals surface area contributed by atoms with Crippen LogP contribution in [-0.2, 0) is 10.0 Å². The molecule has 1 aliphatic rings. The molecule has 0 saturated heterocycles. The van der Waals surface area contributed by atoms with Crippen molar-refractivity contribution in [2.75, 3.05) is 0 Å². The molecule has 2 atom stereocenters. The van der Waals surface area contributed by atoms with Crippen molar-refractivity contribution in [1.82, 2.24) is 4.72 Å². The summed E-state index contributed by atoms with van der Waals surface area (Å²) in [6.45, 7) is 0. The lowest BCUT2D eigenvalue weighted by atomic mass is 9.92. The van der Waals surface area contributed by atoms with Crippen LogP contribution in [0.3, 0.4) is 0 Å². The Morgan fingerprint density at radius 1 is 1.33 bits per heavy atom. The Hall–Kier alpha value is -1.22. The molecule has 21 heavy (non-hydrogen) atoms. The minimum atomic E-state index is -3.86. The third kappa shape index (κ3) is 3.70. The molecule has 0 bridgehead atoms. The molecule has 9 heteroatoms. The van der Waals surface area contributed by atoms with E-state index in [2.05, 4.69) is 4.72 Å². The van der Waals surface area contributed by atoms with E-state index in [4.69, 9.17) is 17.3 Å². The second-order valence-corrected chi connectivity index (χ2v) is 7.17. The number of nitrogens with one attached hydrogen (secondary N) is 1. The van der Waals surface area contributed by atoms with E-state index in [1.807, 2.05) is 0 Å². The molecular formula is C12H16ClN3O4S. The van der Waals surface area contributed by atoms with Gasteiger partial charge < -0.3 is 5.73 Å². The monoisotopic (exact) mass is 333 g/mol. The molecule has 2 rings (SSSR count). The first-order chi connectivity index (χ1) is 9.81. The Labute approximate surface area is 127 Å². The van der Waals surface area contributed by atoms with Gasteiger partial charge in [0.25, 0.3) is 5.69 Å². The van der Waals surface area contributed by atoms with Gasteiger partial charge in [-0.05, 0) is 25.0 Å². The zero-order valence-electron chi connectivity index (χ0n) is 11.2. The van der Waals surface area contributed by atoms with Crippen LogP contribution in [-0.4, -0.2) is 25.4 Å². The summed E-state index contributed by atoms with van der Waals surface area (Å²) in [5, 5.41) is 10.7. The number of nitrogens with zero attached hydrogens (tertiary/aromatic N) is 1. The summed E-state index contributed by atoms with van der Waals surface area (Å²) in [5.41, 5.74) is 5.47. The molecule has 0 spiro atoms. The third-order valence-corrected chi connectivity index (χ3v) is 5.36. The average molecular weight is 334 g/mol. The van der Waals surface area contributed by atoms with E-state index < -0.39 is 20.6 Å². The van der Waals surface area contributed by atoms with Crippen LogP contribution in [0.1, 0.15) is 25.7 Å². The van der Waals surface area contributed by atoms with Crippen molar-refractivity contribution in [3.05, 3.63) is 33.3 Å². The molecule has 0 radical (unpaired) electrons. The number of nitrogens with two attached hydrogens (primary N) is 1. The second kappa shape index (κ2) is 6.27. The quantitative estimate of drug-likeness (QED) is 0.643. The Kier molecular flexibility index (Phi) is 4.82. The molecule has 1 fully saturated rings. The Morgan fingerprint density at radius 3 is 2.62 bits per heavy atom. The summed E-state index contributed by atoms with van der Waals surface area (Å²) in [4.78, 5) is 9.93. The molecule has 7 nitrogen and oxygen atoms in total. The summed E-state index contributed by atoms with van der Waals surface area (Å²) < 4.78 is 27.1. The molecule has 1 saturated carbocycles. The third-order valence-electron chi connectivity index (χ3n) is 3.55. The van der Waals surface area contributed by atoms with Gasteiger partial charge in [0.2, 0.25) is 10.0 Å². The smallest absolute Gasteiger partial charge is 0.289 e. The molecule has 0 amide bonds. The highest BCUT2D eigenvalue weighted by Crippen LogP contribution is 2.27. The van der Waals surface area contributed by atoms with Crippen LogP contribution in [0.4, 0.5) is 5.69 Å². The van der Waals surface area contributed by atoms with Crippen LogP contribution in [0, 0.1) is 10.1 Å². The fourth-order valence-electron chi connectivity index (χ4n) is 2.37. The first-order valence-electron chi connectivity index (χ1n) is 6.53. The minimum Gasteiger partial charge on any atom is -0.326 e. The number of benzene rings is 1. The van der Waals surface area contributed by atoms with Crippen LogP contribution in [0.5, 0.6) is 0 Å². The summed E-state index contributed by atoms with van der Waals surface area (Å²) in [6, 6.07) is 2.81. The maximum absolute atomic E-state index is 12.3. The predicted molar refractivity (Wildman–Crippen MR) is 78.7 cm³/mol. The second-order valence-electron chi connectivity index (χ2n) is 5.05. The van der Waals surface area contributed by atoms with Crippen LogP contribution in [0.2, 0.25) is 5.02 Å². The van der Waals surface area contributed by atoms with E-state index in [1.54, 1.807) is 0 Å². The van der Waals surface area contributed by atoms with Gasteiger partial charge in [0.05, 0.1) is 9.82 Å². The van der Waals surface area contributed by atoms with E-state index in [-0.39, 0.29) is 22.0 Å². The maximum Gasteiger partial charge on any atom is 0.289 e. The van der Waals surface area contributed by atoms with Crippen molar-refractivity contribution in [1.29, 1.82) is 0 Å². The molecular weight excluding hydrogens is 318 g/mol. The predicted octanol–water partition coefficient (Wildman–Crippen LogP) is 1.80. The Bertz CT molecular complexity index is 650. The van der Waals surface area contributed by atoms with Gasteiger partial charge in [-0.25, -0.2) is 13.1 Å². The first kappa shape index (κ1) is 16.2. The number of sulfonamides is 1. The zero-order chi connectivity index (χ0) is 15.6. The summed E-state index contributed by atoms with van der Waals surface area (Å²) in [7, 11) is -3.86. The van der Waals surface area contributed by atoms with Crippen molar-refractivity contribution in [2.45, 2.75) is 42.7 Å². The number of nitro benzene ring substituents is 1. The first-order valence-corrected chi connectivity index (χ1v) is 8.39. The van der Waals surface area contributed by atoms with Gasteiger partial charge in [-0.2, -0.15) is 0 Å². The van der Waals surface area contributed by atoms with Crippen molar-refractivity contribution in [2.24, 2.45) is 5.73 Å². The van der Waals surface area contributed by atoms with E-state index in [0.29, 0.717) is 6.42 Å². The van der Waals surface area contributed by atoms with Gasteiger partial charge in [-0.1, -0.05) is 24.4 Å². The van der Waals surface area contributed by atoms with Gasteiger partial charge in [-0.3, -0.25) is 10.1 Å². The van der Waals surface area contributed by atoms with Crippen LogP contribution >= 0.6 is 11.6 Å². The number of halogens is 1. The normalized spacial score (nSPS) is 23.0. The van der Waals surface area contributed by atoms with Gasteiger partial charge in [0, 0.05) is 18.2 Å². The average Bonchev–Trinajstić information content (AvgIpc) is 2.41. The zero-order valence-corrected chi connectivity index (χ0v) is 12.7. The standard InChI is InChI=1S/C12H16ClN3O4S/c13-9-6-5-8(7-12(9)16(17)18)21(19,20)15-11-4-2-1-3-10(11)14/h5-7,10-11,15H,1-4,14H2/t10-,11-/m1/s1. The number of nitro groups is 1. The van der Waals surface area contributed by atoms with Crippen LogP contribution in [0.15, 0.2) is 23.1 Å². The largest absolute Gasteiger partial charge is 0.326 e. The Balaban J connectivity index is 2.27. The van der Waals surface area contributed by atoms with E-state index >= 15 is 0 Å². The van der Waals surface area contributed by atoms with Crippen LogP contribution in [0.25, 0.3) is 0 Å². The highest BCUT2D eigenvalue weighted by molar-refractivity contribution is 7.89. The van der Waals surface area contributed by atoms with Gasteiger partial charge in [-0.15, -0.1) is 0 Å². The maximum atomic E-state index is 12.3. The van der Waals surface area contributed by atoms with E-state index in [1.165, 1.54) is 12.1 Å². The summed E-state index contributed by atoms with van der Waals surface area (Å²) in [5.74, 6) is 0. The van der Waals surface area contributed by atoms with Gasteiger partial charge in [0.1, 0.15) is 5.02 Å². The van der Waals surface area contributed by atoms with E-state index in [0.717, 1.165) is 25.3 Å². The highest BCUT2D eigenvalue weighted by Gasteiger charge is 2.28. The van der Waals surface area contributed by atoms with Gasteiger partial charge >= 0.3 is 0 Å². The molecule has 1 aliphatic carbocycles. The molecule has 3 N–H and O–H groups in total. The molecule has 116 valence electrons. The number of rotatable bonds is 4. The fourth-order valence-corrected chi connectivity index (χ4v) is 3.90. The van der Waals surface area contributed by atoms with Crippen LogP contribution < -0.4 is 10.5 Å². The Morgan fingerprint density at radius 2 is 2.00 bits per heavy atom. The lowest BCUT2D eigenvalue weighted by molar-refractivity contribution is -0.384. The lowest BCUT2D eigenvalue weighted by Crippen LogP contribution is -2.49. The number of hydrogen-bond acceptors (Lipinski definition) is 5. The molecule has 0 heterocycles. The lowest BCUT2D eigenvalue weighted by Gasteiger charge is -2.28. The highest BCUT2D eigenvalue weighted by atomic mass is 35.5. The van der Waals surface area contributed by atoms with Crippen molar-refractivity contribution in [3.63, 3.8) is 0 Å². The van der Waals surface area contributed by atoms with Crippen molar-refractivity contribution >= 4 is 27.3 Å². The molecule has 0 aromatic heterocycles. The summed E-state index contributed by atoms with van der Waals surface area (Å²) in [6.07, 6.45) is 3.30. The minimum absolute atomic E-state index is 0.103. The topological polar surface area (TPSA) is 115 Å².